The summed E-state index contributed by atoms with van der Waals surface area (Å²) >= 11 is 5.83. The first kappa shape index (κ1) is 31.0. The standard InChI is InChI=1S/C27H19ClF6N2O5/c28-19-8-4-15(5-9-19)13-22(25(39)40)36-24(38)21(14-16-2-1-3-18(12-16)26(29,30)31)35-23(37)17-6-10-20(11-7-17)41-27(32,33)34/h1-12,14,22H,13H2,(H,35,37)(H,36,38)(H,39,40). The molecule has 0 heterocycles. The molecule has 0 aliphatic rings. The van der Waals surface area contributed by atoms with Crippen LogP contribution in [-0.4, -0.2) is 35.3 Å². The van der Waals surface area contributed by atoms with E-state index in [1.165, 1.54) is 30.3 Å². The number of nitrogens with one attached hydrogen (secondary N) is 2. The molecule has 14 heteroatoms. The van der Waals surface area contributed by atoms with Gasteiger partial charge in [-0.15, -0.1) is 13.2 Å². The van der Waals surface area contributed by atoms with Crippen LogP contribution in [0, 0.1) is 0 Å². The molecule has 0 bridgehead atoms. The quantitative estimate of drug-likeness (QED) is 0.211. The normalized spacial score (nSPS) is 12.8. The van der Waals surface area contributed by atoms with E-state index in [0.717, 1.165) is 42.5 Å². The molecular weight excluding hydrogens is 582 g/mol. The van der Waals surface area contributed by atoms with E-state index in [2.05, 4.69) is 15.4 Å². The van der Waals surface area contributed by atoms with Crippen LogP contribution in [-0.2, 0) is 22.2 Å². The molecule has 0 aliphatic heterocycles. The molecule has 0 saturated heterocycles. The fourth-order valence-electron chi connectivity index (χ4n) is 3.42. The second kappa shape index (κ2) is 12.8. The van der Waals surface area contributed by atoms with Gasteiger partial charge in [0.25, 0.3) is 11.8 Å². The monoisotopic (exact) mass is 600 g/mol. The van der Waals surface area contributed by atoms with Crippen molar-refractivity contribution in [2.75, 3.05) is 0 Å². The minimum absolute atomic E-state index is 0.163. The van der Waals surface area contributed by atoms with Crippen LogP contribution in [0.4, 0.5) is 26.3 Å². The lowest BCUT2D eigenvalue weighted by Crippen LogP contribution is -2.45. The minimum atomic E-state index is -4.98. The zero-order valence-corrected chi connectivity index (χ0v) is 21.3. The molecule has 2 amide bonds. The van der Waals surface area contributed by atoms with Crippen molar-refractivity contribution in [3.8, 4) is 5.75 Å². The van der Waals surface area contributed by atoms with Crippen LogP contribution >= 0.6 is 11.6 Å². The van der Waals surface area contributed by atoms with Crippen LogP contribution in [0.25, 0.3) is 6.08 Å². The summed E-state index contributed by atoms with van der Waals surface area (Å²) in [4.78, 5) is 37.8. The first-order valence-electron chi connectivity index (χ1n) is 11.4. The molecule has 3 aromatic carbocycles. The molecular formula is C27H19ClF6N2O5. The van der Waals surface area contributed by atoms with E-state index in [9.17, 15) is 45.8 Å². The molecule has 0 spiro atoms. The number of alkyl halides is 6. The van der Waals surface area contributed by atoms with Crippen molar-refractivity contribution < 1.29 is 50.6 Å². The maximum absolute atomic E-state index is 13.2. The van der Waals surface area contributed by atoms with Gasteiger partial charge < -0.3 is 20.5 Å². The second-order valence-electron chi connectivity index (χ2n) is 8.40. The molecule has 0 radical (unpaired) electrons. The molecule has 7 nitrogen and oxygen atoms in total. The zero-order chi connectivity index (χ0) is 30.4. The average Bonchev–Trinajstić information content (AvgIpc) is 2.88. The molecule has 0 aromatic heterocycles. The fraction of sp³-hybridized carbons (Fsp3) is 0.148. The molecule has 41 heavy (non-hydrogen) atoms. The van der Waals surface area contributed by atoms with Gasteiger partial charge in [-0.3, -0.25) is 9.59 Å². The number of ether oxygens (including phenoxy) is 1. The predicted molar refractivity (Wildman–Crippen MR) is 135 cm³/mol. The summed E-state index contributed by atoms with van der Waals surface area (Å²) in [5, 5.41) is 14.4. The Kier molecular flexibility index (Phi) is 9.66. The number of hydrogen-bond acceptors (Lipinski definition) is 4. The molecule has 0 saturated carbocycles. The largest absolute Gasteiger partial charge is 0.573 e. The number of amides is 2. The lowest BCUT2D eigenvalue weighted by molar-refractivity contribution is -0.274. The van der Waals surface area contributed by atoms with Gasteiger partial charge in [-0.1, -0.05) is 35.9 Å². The van der Waals surface area contributed by atoms with Gasteiger partial charge in [0.1, 0.15) is 17.5 Å². The Hall–Kier alpha value is -4.52. The molecule has 1 atom stereocenters. The summed E-state index contributed by atoms with van der Waals surface area (Å²) in [7, 11) is 0. The average molecular weight is 601 g/mol. The summed E-state index contributed by atoms with van der Waals surface area (Å²) < 4.78 is 80.6. The van der Waals surface area contributed by atoms with Crippen LogP contribution in [0.5, 0.6) is 5.75 Å². The van der Waals surface area contributed by atoms with Crippen LogP contribution in [0.2, 0.25) is 5.02 Å². The van der Waals surface area contributed by atoms with Gasteiger partial charge in [0, 0.05) is 17.0 Å². The van der Waals surface area contributed by atoms with Crippen molar-refractivity contribution in [3.63, 3.8) is 0 Å². The Bertz CT molecular complexity index is 1440. The number of benzene rings is 3. The highest BCUT2D eigenvalue weighted by Gasteiger charge is 2.32. The Balaban J connectivity index is 1.91. The zero-order valence-electron chi connectivity index (χ0n) is 20.5. The second-order valence-corrected chi connectivity index (χ2v) is 8.84. The van der Waals surface area contributed by atoms with Crippen molar-refractivity contribution in [1.29, 1.82) is 0 Å². The molecule has 3 N–H and O–H groups in total. The highest BCUT2D eigenvalue weighted by atomic mass is 35.5. The Morgan fingerprint density at radius 3 is 2.12 bits per heavy atom. The molecule has 1 unspecified atom stereocenters. The smallest absolute Gasteiger partial charge is 0.480 e. The Labute approximate surface area is 233 Å². The highest BCUT2D eigenvalue weighted by molar-refractivity contribution is 6.30. The lowest BCUT2D eigenvalue weighted by atomic mass is 10.1. The van der Waals surface area contributed by atoms with Gasteiger partial charge in [-0.25, -0.2) is 4.79 Å². The maximum Gasteiger partial charge on any atom is 0.573 e. The van der Waals surface area contributed by atoms with E-state index in [4.69, 9.17) is 11.6 Å². The van der Waals surface area contributed by atoms with Gasteiger partial charge in [0.05, 0.1) is 5.56 Å². The first-order chi connectivity index (χ1) is 19.1. The van der Waals surface area contributed by atoms with E-state index in [-0.39, 0.29) is 17.5 Å². The summed E-state index contributed by atoms with van der Waals surface area (Å²) in [6, 6.07) is 11.9. The number of carbonyl (C=O) groups is 3. The van der Waals surface area contributed by atoms with Crippen molar-refractivity contribution in [1.82, 2.24) is 10.6 Å². The third kappa shape index (κ3) is 9.57. The van der Waals surface area contributed by atoms with E-state index in [1.807, 2.05) is 0 Å². The van der Waals surface area contributed by atoms with Gasteiger partial charge in [-0.05, 0) is 65.7 Å². The minimum Gasteiger partial charge on any atom is -0.480 e. The van der Waals surface area contributed by atoms with Gasteiger partial charge in [-0.2, -0.15) is 13.2 Å². The molecule has 0 fully saturated rings. The molecule has 216 valence electrons. The predicted octanol–water partition coefficient (Wildman–Crippen LogP) is 5.84. The van der Waals surface area contributed by atoms with Gasteiger partial charge >= 0.3 is 18.5 Å². The number of hydrogen-bond donors (Lipinski definition) is 3. The summed E-state index contributed by atoms with van der Waals surface area (Å²) in [5.74, 6) is -4.26. The Morgan fingerprint density at radius 2 is 1.56 bits per heavy atom. The number of halogens is 7. The summed E-state index contributed by atoms with van der Waals surface area (Å²) in [6.45, 7) is 0. The van der Waals surface area contributed by atoms with Crippen molar-refractivity contribution in [2.45, 2.75) is 25.0 Å². The third-order valence-electron chi connectivity index (χ3n) is 5.32. The van der Waals surface area contributed by atoms with Crippen molar-refractivity contribution in [3.05, 3.63) is 106 Å². The van der Waals surface area contributed by atoms with Gasteiger partial charge in [0.15, 0.2) is 0 Å². The molecule has 0 aliphatic carbocycles. The van der Waals surface area contributed by atoms with Gasteiger partial charge in [0.2, 0.25) is 0 Å². The van der Waals surface area contributed by atoms with Crippen molar-refractivity contribution in [2.24, 2.45) is 0 Å². The van der Waals surface area contributed by atoms with E-state index in [1.54, 1.807) is 0 Å². The third-order valence-corrected chi connectivity index (χ3v) is 5.58. The number of carboxylic acid groups (broad SMARTS) is 1. The number of carboxylic acids is 1. The van der Waals surface area contributed by atoms with Crippen LogP contribution < -0.4 is 15.4 Å². The summed E-state index contributed by atoms with van der Waals surface area (Å²) in [5.41, 5.74) is -1.60. The fourth-order valence-corrected chi connectivity index (χ4v) is 3.55. The SMILES string of the molecule is O=C(NC(Cc1ccc(Cl)cc1)C(=O)O)C(=Cc1cccc(C(F)(F)F)c1)NC(=O)c1ccc(OC(F)(F)F)cc1. The Morgan fingerprint density at radius 1 is 0.927 bits per heavy atom. The highest BCUT2D eigenvalue weighted by Crippen LogP contribution is 2.30. The number of rotatable bonds is 9. The van der Waals surface area contributed by atoms with Crippen molar-refractivity contribution >= 4 is 35.5 Å². The summed E-state index contributed by atoms with van der Waals surface area (Å²) in [6.07, 6.45) is -9.01. The number of carbonyl (C=O) groups excluding carboxylic acids is 2. The maximum atomic E-state index is 13.2. The topological polar surface area (TPSA) is 105 Å². The van der Waals surface area contributed by atoms with Crippen LogP contribution in [0.15, 0.2) is 78.5 Å². The first-order valence-corrected chi connectivity index (χ1v) is 11.8. The lowest BCUT2D eigenvalue weighted by Gasteiger charge is -2.17. The van der Waals surface area contributed by atoms with E-state index < -0.39 is 53.4 Å². The van der Waals surface area contributed by atoms with E-state index >= 15 is 0 Å². The molecule has 3 aromatic rings. The van der Waals surface area contributed by atoms with E-state index in [0.29, 0.717) is 16.7 Å². The van der Waals surface area contributed by atoms with Crippen LogP contribution in [0.3, 0.4) is 0 Å². The molecule has 3 rings (SSSR count). The van der Waals surface area contributed by atoms with Crippen LogP contribution in [0.1, 0.15) is 27.0 Å². The number of aliphatic carboxylic acids is 1.